The third kappa shape index (κ3) is 6.44. The van der Waals surface area contributed by atoms with E-state index in [0.29, 0.717) is 13.2 Å². The summed E-state index contributed by atoms with van der Waals surface area (Å²) in [4.78, 5) is 18.8. The molecule has 1 atom stereocenters. The van der Waals surface area contributed by atoms with Gasteiger partial charge in [0.05, 0.1) is 24.2 Å². The van der Waals surface area contributed by atoms with Gasteiger partial charge in [-0.2, -0.15) is 0 Å². The Morgan fingerprint density at radius 1 is 1.20 bits per heavy atom. The number of carbonyl (C=O) groups excluding carboxylic acids is 1. The minimum Gasteiger partial charge on any atom is -0.465 e. The lowest BCUT2D eigenvalue weighted by atomic mass is 10.1. The Bertz CT molecular complexity index is 1160. The van der Waals surface area contributed by atoms with Crippen molar-refractivity contribution in [3.63, 3.8) is 0 Å². The molecule has 0 amide bonds. The standard InChI is InChI=1S/C25H34F2N4O3Si/c1-30(2)20(17-10-8-7-9-11-17)15-28-25-29-22-21(27)19(26)14-18(24(32)33-3)23(22)31(25)16-34-12-13-35(4,5)6/h7-11,14,20H,12-13,15-16H2,1-6H3,(H,28,29). The van der Waals surface area contributed by atoms with Gasteiger partial charge in [0.15, 0.2) is 11.6 Å². The second-order valence-electron chi connectivity index (χ2n) is 9.89. The fourth-order valence-corrected chi connectivity index (χ4v) is 4.53. The van der Waals surface area contributed by atoms with Crippen LogP contribution in [0.5, 0.6) is 0 Å². The molecule has 2 aromatic carbocycles. The fourth-order valence-electron chi connectivity index (χ4n) is 3.77. The molecule has 1 unspecified atom stereocenters. The Balaban J connectivity index is 2.01. The molecular weight excluding hydrogens is 470 g/mol. The molecule has 0 fully saturated rings. The van der Waals surface area contributed by atoms with E-state index in [1.807, 2.05) is 44.4 Å². The summed E-state index contributed by atoms with van der Waals surface area (Å²) in [5.74, 6) is -2.78. The minimum absolute atomic E-state index is 0.0149. The highest BCUT2D eigenvalue weighted by Crippen LogP contribution is 2.29. The molecular formula is C25H34F2N4O3Si. The van der Waals surface area contributed by atoms with Gasteiger partial charge in [0.25, 0.3) is 0 Å². The lowest BCUT2D eigenvalue weighted by Gasteiger charge is -2.25. The Labute approximate surface area is 206 Å². The maximum Gasteiger partial charge on any atom is 0.340 e. The van der Waals surface area contributed by atoms with Gasteiger partial charge in [0, 0.05) is 21.2 Å². The number of likely N-dealkylation sites (N-methyl/N-ethyl adjacent to an activating group) is 1. The summed E-state index contributed by atoms with van der Waals surface area (Å²) in [6, 6.07) is 11.7. The number of fused-ring (bicyclic) bond motifs is 1. The number of anilines is 1. The van der Waals surface area contributed by atoms with Crippen molar-refractivity contribution in [1.29, 1.82) is 0 Å². The molecule has 0 bridgehead atoms. The van der Waals surface area contributed by atoms with Crippen LogP contribution in [0.15, 0.2) is 36.4 Å². The Morgan fingerprint density at radius 2 is 1.89 bits per heavy atom. The zero-order chi connectivity index (χ0) is 25.8. The second-order valence-corrected chi connectivity index (χ2v) is 15.5. The van der Waals surface area contributed by atoms with Gasteiger partial charge in [-0.3, -0.25) is 4.57 Å². The average Bonchev–Trinajstić information content (AvgIpc) is 3.17. The van der Waals surface area contributed by atoms with Gasteiger partial charge in [-0.15, -0.1) is 0 Å². The molecule has 35 heavy (non-hydrogen) atoms. The van der Waals surface area contributed by atoms with Crippen LogP contribution in [-0.4, -0.2) is 62.9 Å². The molecule has 1 heterocycles. The first-order chi connectivity index (χ1) is 16.5. The smallest absolute Gasteiger partial charge is 0.340 e. The van der Waals surface area contributed by atoms with Gasteiger partial charge >= 0.3 is 5.97 Å². The first-order valence-corrected chi connectivity index (χ1v) is 15.2. The van der Waals surface area contributed by atoms with E-state index in [0.717, 1.165) is 17.7 Å². The van der Waals surface area contributed by atoms with E-state index in [1.54, 1.807) is 4.57 Å². The first-order valence-electron chi connectivity index (χ1n) is 11.5. The number of hydrogen-bond donors (Lipinski definition) is 1. The molecule has 0 aliphatic rings. The Hall–Kier alpha value is -2.82. The van der Waals surface area contributed by atoms with E-state index in [9.17, 15) is 13.6 Å². The molecule has 3 rings (SSSR count). The topological polar surface area (TPSA) is 68.6 Å². The number of imidazole rings is 1. The molecule has 7 nitrogen and oxygen atoms in total. The summed E-state index contributed by atoms with van der Waals surface area (Å²) in [6.07, 6.45) is 0. The number of methoxy groups -OCH3 is 1. The first kappa shape index (κ1) is 26.8. The molecule has 190 valence electrons. The van der Waals surface area contributed by atoms with E-state index < -0.39 is 25.7 Å². The van der Waals surface area contributed by atoms with Crippen LogP contribution in [0.1, 0.15) is 22.0 Å². The number of carbonyl (C=O) groups is 1. The number of nitrogens with zero attached hydrogens (tertiary/aromatic N) is 3. The normalized spacial score (nSPS) is 12.8. The number of ether oxygens (including phenoxy) is 2. The zero-order valence-corrected chi connectivity index (χ0v) is 22.2. The number of hydrogen-bond acceptors (Lipinski definition) is 6. The van der Waals surface area contributed by atoms with Crippen LogP contribution in [0.2, 0.25) is 25.7 Å². The summed E-state index contributed by atoms with van der Waals surface area (Å²) in [6.45, 7) is 7.71. The SMILES string of the molecule is COC(=O)c1cc(F)c(F)c2nc(NCC(c3ccccc3)N(C)C)n(COCC[Si](C)(C)C)c12. The van der Waals surface area contributed by atoms with Gasteiger partial charge in [0.1, 0.15) is 12.2 Å². The summed E-state index contributed by atoms with van der Waals surface area (Å²) >= 11 is 0. The predicted octanol–water partition coefficient (Wildman–Crippen LogP) is 5.13. The van der Waals surface area contributed by atoms with Crippen molar-refractivity contribution < 1.29 is 23.0 Å². The zero-order valence-electron chi connectivity index (χ0n) is 21.2. The predicted molar refractivity (Wildman–Crippen MR) is 136 cm³/mol. The largest absolute Gasteiger partial charge is 0.465 e. The maximum atomic E-state index is 14.8. The van der Waals surface area contributed by atoms with Crippen molar-refractivity contribution in [2.75, 3.05) is 39.7 Å². The number of esters is 1. The van der Waals surface area contributed by atoms with Gasteiger partial charge in [-0.05, 0) is 31.8 Å². The molecule has 1 N–H and O–H groups in total. The third-order valence-electron chi connectivity index (χ3n) is 5.79. The monoisotopic (exact) mass is 504 g/mol. The Morgan fingerprint density at radius 3 is 2.49 bits per heavy atom. The highest BCUT2D eigenvalue weighted by molar-refractivity contribution is 6.76. The van der Waals surface area contributed by atoms with Crippen LogP contribution in [-0.2, 0) is 16.2 Å². The molecule has 3 aromatic rings. The van der Waals surface area contributed by atoms with Gasteiger partial charge in [-0.1, -0.05) is 50.0 Å². The molecule has 0 saturated heterocycles. The highest BCUT2D eigenvalue weighted by atomic mass is 28.3. The van der Waals surface area contributed by atoms with Crippen LogP contribution < -0.4 is 5.32 Å². The van der Waals surface area contributed by atoms with Gasteiger partial charge < -0.3 is 19.7 Å². The van der Waals surface area contributed by atoms with Crippen molar-refractivity contribution in [3.05, 3.63) is 59.2 Å². The van der Waals surface area contributed by atoms with Crippen LogP contribution in [0.3, 0.4) is 0 Å². The summed E-state index contributed by atoms with van der Waals surface area (Å²) in [5, 5.41) is 3.27. The second kappa shape index (κ2) is 11.3. The van der Waals surface area contributed by atoms with Gasteiger partial charge in [0.2, 0.25) is 5.95 Å². The van der Waals surface area contributed by atoms with Crippen LogP contribution in [0.4, 0.5) is 14.7 Å². The minimum atomic E-state index is -1.33. The number of nitrogens with one attached hydrogen (secondary N) is 1. The molecule has 0 radical (unpaired) electrons. The molecule has 0 spiro atoms. The molecule has 0 aliphatic heterocycles. The van der Waals surface area contributed by atoms with E-state index in [2.05, 4.69) is 34.8 Å². The van der Waals surface area contributed by atoms with Crippen molar-refractivity contribution in [1.82, 2.24) is 14.5 Å². The fraction of sp³-hybridized carbons (Fsp3) is 0.440. The Kier molecular flexibility index (Phi) is 8.63. The number of aromatic nitrogens is 2. The van der Waals surface area contributed by atoms with E-state index in [1.165, 1.54) is 7.11 Å². The van der Waals surface area contributed by atoms with Crippen molar-refractivity contribution in [3.8, 4) is 0 Å². The van der Waals surface area contributed by atoms with Crippen LogP contribution in [0.25, 0.3) is 11.0 Å². The summed E-state index contributed by atoms with van der Waals surface area (Å²) < 4.78 is 41.5. The number of halogens is 2. The lowest BCUT2D eigenvalue weighted by Crippen LogP contribution is -2.27. The van der Waals surface area contributed by atoms with Crippen LogP contribution >= 0.6 is 0 Å². The average molecular weight is 505 g/mol. The third-order valence-corrected chi connectivity index (χ3v) is 7.50. The van der Waals surface area contributed by atoms with Crippen molar-refractivity contribution >= 4 is 31.0 Å². The molecule has 10 heteroatoms. The number of rotatable bonds is 11. The van der Waals surface area contributed by atoms with Crippen molar-refractivity contribution in [2.45, 2.75) is 38.5 Å². The van der Waals surface area contributed by atoms with E-state index in [-0.39, 0.29) is 35.3 Å². The quantitative estimate of drug-likeness (QED) is 0.222. The highest BCUT2D eigenvalue weighted by Gasteiger charge is 2.26. The van der Waals surface area contributed by atoms with Crippen molar-refractivity contribution in [2.24, 2.45) is 0 Å². The lowest BCUT2D eigenvalue weighted by molar-refractivity contribution is 0.0600. The molecule has 1 aromatic heterocycles. The summed E-state index contributed by atoms with van der Waals surface area (Å²) in [5.41, 5.74) is 0.865. The summed E-state index contributed by atoms with van der Waals surface area (Å²) in [7, 11) is 3.79. The van der Waals surface area contributed by atoms with Crippen LogP contribution in [0, 0.1) is 11.6 Å². The maximum absolute atomic E-state index is 14.8. The molecule has 0 aliphatic carbocycles. The van der Waals surface area contributed by atoms with E-state index in [4.69, 9.17) is 9.47 Å². The number of benzene rings is 2. The molecule has 0 saturated carbocycles. The van der Waals surface area contributed by atoms with E-state index >= 15 is 0 Å². The van der Waals surface area contributed by atoms with Gasteiger partial charge in [-0.25, -0.2) is 18.6 Å².